The van der Waals surface area contributed by atoms with Crippen molar-refractivity contribution in [2.24, 2.45) is 5.92 Å². The zero-order valence-corrected chi connectivity index (χ0v) is 19.2. The van der Waals surface area contributed by atoms with E-state index >= 15 is 0 Å². The van der Waals surface area contributed by atoms with Crippen molar-refractivity contribution < 1.29 is 13.9 Å². The van der Waals surface area contributed by atoms with Gasteiger partial charge in [-0.15, -0.1) is 0 Å². The average Bonchev–Trinajstić information content (AvgIpc) is 3.42. The third-order valence-electron chi connectivity index (χ3n) is 4.94. The molecule has 0 spiro atoms. The van der Waals surface area contributed by atoms with Crippen LogP contribution in [0.1, 0.15) is 41.4 Å². The number of nitriles is 1. The van der Waals surface area contributed by atoms with Gasteiger partial charge in [-0.2, -0.15) is 5.26 Å². The van der Waals surface area contributed by atoms with Gasteiger partial charge in [0, 0.05) is 11.6 Å². The number of nitrogens with zero attached hydrogens (tertiary/aromatic N) is 2. The second kappa shape index (κ2) is 9.35. The van der Waals surface area contributed by atoms with Crippen LogP contribution in [0.3, 0.4) is 0 Å². The first-order chi connectivity index (χ1) is 15.8. The highest BCUT2D eigenvalue weighted by Gasteiger charge is 2.16. The van der Waals surface area contributed by atoms with Crippen LogP contribution in [0.2, 0.25) is 5.02 Å². The van der Waals surface area contributed by atoms with Crippen molar-refractivity contribution in [3.63, 3.8) is 0 Å². The van der Waals surface area contributed by atoms with Crippen molar-refractivity contribution in [3.05, 3.63) is 76.3 Å². The molecule has 33 heavy (non-hydrogen) atoms. The van der Waals surface area contributed by atoms with E-state index in [1.807, 2.05) is 39.0 Å². The topological polar surface area (TPSA) is 91.9 Å². The quantitative estimate of drug-likeness (QED) is 0.257. The van der Waals surface area contributed by atoms with Crippen LogP contribution in [0.25, 0.3) is 34.0 Å². The minimum Gasteiger partial charge on any atom is -0.462 e. The number of H-pyrrole nitrogens is 1. The number of carbonyl (C=O) groups excluding carboxylic acids is 1. The lowest BCUT2D eigenvalue weighted by Crippen LogP contribution is -2.10. The first kappa shape index (κ1) is 22.4. The lowest BCUT2D eigenvalue weighted by molar-refractivity contribution is 0.0459. The molecule has 0 aliphatic carbocycles. The Morgan fingerprint density at radius 1 is 1.24 bits per heavy atom. The summed E-state index contributed by atoms with van der Waals surface area (Å²) in [4.78, 5) is 20.1. The molecular weight excluding hydrogens is 438 g/mol. The van der Waals surface area contributed by atoms with E-state index in [0.29, 0.717) is 40.1 Å². The van der Waals surface area contributed by atoms with Gasteiger partial charge in [0.25, 0.3) is 0 Å². The van der Waals surface area contributed by atoms with Crippen molar-refractivity contribution in [1.82, 2.24) is 9.97 Å². The molecule has 0 radical (unpaired) electrons. The number of aryl methyl sites for hydroxylation is 1. The number of aromatic amines is 1. The number of rotatable bonds is 6. The standard InChI is InChI=1S/C26H22ClN3O3/c1-15(2)14-32-26(31)20-12-17(5-7-21(20)27)24-9-6-19(33-24)11-18(13-28)25-29-22-8-4-16(3)10-23(22)30-25/h4-12,15H,14H2,1-3H3,(H,29,30)/b18-11-. The Balaban J connectivity index is 1.61. The molecule has 4 rings (SSSR count). The number of fused-ring (bicyclic) bond motifs is 1. The number of imidazole rings is 1. The Bertz CT molecular complexity index is 1410. The van der Waals surface area contributed by atoms with Gasteiger partial charge in [0.2, 0.25) is 0 Å². The summed E-state index contributed by atoms with van der Waals surface area (Å²) in [6, 6.07) is 16.6. The normalized spacial score (nSPS) is 11.7. The molecule has 0 aliphatic rings. The van der Waals surface area contributed by atoms with Gasteiger partial charge in [-0.25, -0.2) is 9.78 Å². The molecule has 4 aromatic rings. The number of ether oxygens (including phenoxy) is 1. The summed E-state index contributed by atoms with van der Waals surface area (Å²) in [5, 5.41) is 9.99. The molecule has 0 aliphatic heterocycles. The van der Waals surface area contributed by atoms with Crippen LogP contribution in [0, 0.1) is 24.2 Å². The van der Waals surface area contributed by atoms with Crippen LogP contribution in [0.5, 0.6) is 0 Å². The summed E-state index contributed by atoms with van der Waals surface area (Å²) < 4.78 is 11.2. The minimum absolute atomic E-state index is 0.223. The van der Waals surface area contributed by atoms with E-state index in [4.69, 9.17) is 20.8 Å². The molecule has 0 amide bonds. The number of esters is 1. The second-order valence-corrected chi connectivity index (χ2v) is 8.57. The number of allylic oxidation sites excluding steroid dienone is 1. The Kier molecular flexibility index (Phi) is 6.34. The third-order valence-corrected chi connectivity index (χ3v) is 5.27. The molecule has 2 heterocycles. The maximum atomic E-state index is 12.4. The highest BCUT2D eigenvalue weighted by atomic mass is 35.5. The van der Waals surface area contributed by atoms with Gasteiger partial charge in [0.15, 0.2) is 0 Å². The first-order valence-electron chi connectivity index (χ1n) is 10.5. The van der Waals surface area contributed by atoms with Gasteiger partial charge in [0.05, 0.1) is 33.8 Å². The number of carbonyl (C=O) groups is 1. The molecule has 7 heteroatoms. The predicted molar refractivity (Wildman–Crippen MR) is 129 cm³/mol. The Morgan fingerprint density at radius 3 is 2.82 bits per heavy atom. The van der Waals surface area contributed by atoms with Gasteiger partial charge >= 0.3 is 5.97 Å². The van der Waals surface area contributed by atoms with Crippen molar-refractivity contribution in [3.8, 4) is 17.4 Å². The molecule has 2 aromatic carbocycles. The lowest BCUT2D eigenvalue weighted by atomic mass is 10.1. The van der Waals surface area contributed by atoms with E-state index in [-0.39, 0.29) is 11.5 Å². The van der Waals surface area contributed by atoms with Crippen LogP contribution < -0.4 is 0 Å². The molecule has 0 fully saturated rings. The summed E-state index contributed by atoms with van der Waals surface area (Å²) in [6.07, 6.45) is 1.63. The Labute approximate surface area is 196 Å². The molecule has 0 saturated carbocycles. The smallest absolute Gasteiger partial charge is 0.339 e. The summed E-state index contributed by atoms with van der Waals surface area (Å²) >= 11 is 6.21. The number of hydrogen-bond acceptors (Lipinski definition) is 5. The monoisotopic (exact) mass is 459 g/mol. The molecule has 0 atom stereocenters. The third kappa shape index (κ3) is 5.00. The highest BCUT2D eigenvalue weighted by molar-refractivity contribution is 6.33. The van der Waals surface area contributed by atoms with Crippen LogP contribution in [-0.4, -0.2) is 22.5 Å². The summed E-state index contributed by atoms with van der Waals surface area (Å²) in [7, 11) is 0. The summed E-state index contributed by atoms with van der Waals surface area (Å²) in [5.41, 5.74) is 4.05. The second-order valence-electron chi connectivity index (χ2n) is 8.16. The summed E-state index contributed by atoms with van der Waals surface area (Å²) in [6.45, 7) is 6.24. The average molecular weight is 460 g/mol. The fourth-order valence-electron chi connectivity index (χ4n) is 3.29. The molecule has 166 valence electrons. The van der Waals surface area contributed by atoms with Gasteiger partial charge in [-0.05, 0) is 60.9 Å². The number of nitrogens with one attached hydrogen (secondary N) is 1. The Morgan fingerprint density at radius 2 is 2.06 bits per heavy atom. The van der Waals surface area contributed by atoms with E-state index in [1.165, 1.54) is 0 Å². The molecule has 0 unspecified atom stereocenters. The number of hydrogen-bond donors (Lipinski definition) is 1. The molecule has 6 nitrogen and oxygen atoms in total. The number of benzene rings is 2. The van der Waals surface area contributed by atoms with Gasteiger partial charge in [-0.3, -0.25) is 0 Å². The minimum atomic E-state index is -0.478. The molecule has 0 saturated heterocycles. The predicted octanol–water partition coefficient (Wildman–Crippen LogP) is 6.66. The Hall–Kier alpha value is -3.82. The lowest BCUT2D eigenvalue weighted by Gasteiger charge is -2.09. The fraction of sp³-hybridized carbons (Fsp3) is 0.192. The first-order valence-corrected chi connectivity index (χ1v) is 10.9. The largest absolute Gasteiger partial charge is 0.462 e. The van der Waals surface area contributed by atoms with E-state index in [9.17, 15) is 10.1 Å². The van der Waals surface area contributed by atoms with E-state index in [1.54, 1.807) is 36.4 Å². The molecule has 2 aromatic heterocycles. The SMILES string of the molecule is Cc1ccc2nc(/C(C#N)=C\c3ccc(-c4ccc(Cl)c(C(=O)OCC(C)C)c4)o3)[nH]c2c1. The zero-order chi connectivity index (χ0) is 23.5. The van der Waals surface area contributed by atoms with Crippen molar-refractivity contribution in [1.29, 1.82) is 5.26 Å². The van der Waals surface area contributed by atoms with Crippen molar-refractivity contribution in [2.75, 3.05) is 6.61 Å². The van der Waals surface area contributed by atoms with Crippen LogP contribution in [-0.2, 0) is 4.74 Å². The van der Waals surface area contributed by atoms with Gasteiger partial charge in [0.1, 0.15) is 23.4 Å². The van der Waals surface area contributed by atoms with E-state index in [0.717, 1.165) is 16.6 Å². The van der Waals surface area contributed by atoms with Crippen molar-refractivity contribution >= 4 is 40.3 Å². The van der Waals surface area contributed by atoms with Crippen molar-refractivity contribution in [2.45, 2.75) is 20.8 Å². The zero-order valence-electron chi connectivity index (χ0n) is 18.5. The van der Waals surface area contributed by atoms with Crippen LogP contribution in [0.4, 0.5) is 0 Å². The number of halogens is 1. The fourth-order valence-corrected chi connectivity index (χ4v) is 3.48. The summed E-state index contributed by atoms with van der Waals surface area (Å²) in [5.74, 6) is 1.23. The number of aromatic nitrogens is 2. The molecular formula is C26H22ClN3O3. The van der Waals surface area contributed by atoms with Crippen LogP contribution in [0.15, 0.2) is 52.9 Å². The molecule has 0 bridgehead atoms. The van der Waals surface area contributed by atoms with E-state index in [2.05, 4.69) is 16.0 Å². The maximum Gasteiger partial charge on any atom is 0.339 e. The van der Waals surface area contributed by atoms with Crippen LogP contribution >= 0.6 is 11.6 Å². The molecule has 1 N–H and O–H groups in total. The van der Waals surface area contributed by atoms with E-state index < -0.39 is 5.97 Å². The van der Waals surface area contributed by atoms with Gasteiger partial charge < -0.3 is 14.1 Å². The van der Waals surface area contributed by atoms with Gasteiger partial charge in [-0.1, -0.05) is 31.5 Å². The number of furan rings is 1. The maximum absolute atomic E-state index is 12.4. The highest BCUT2D eigenvalue weighted by Crippen LogP contribution is 2.29.